The molecule has 0 aliphatic rings. The van der Waals surface area contributed by atoms with Crippen LogP contribution in [0.5, 0.6) is 5.75 Å². The Bertz CT molecular complexity index is 813. The average molecular weight is 311 g/mol. The van der Waals surface area contributed by atoms with Crippen molar-refractivity contribution in [2.45, 2.75) is 20.1 Å². The minimum atomic E-state index is -0.369. The molecule has 118 valence electrons. The lowest BCUT2D eigenvalue weighted by Gasteiger charge is -2.10. The summed E-state index contributed by atoms with van der Waals surface area (Å²) >= 11 is 0. The molecule has 0 aliphatic carbocycles. The summed E-state index contributed by atoms with van der Waals surface area (Å²) in [6.07, 6.45) is 0. The number of nitrogens with zero attached hydrogens (tertiary/aromatic N) is 3. The fourth-order valence-corrected chi connectivity index (χ4v) is 2.28. The van der Waals surface area contributed by atoms with E-state index >= 15 is 0 Å². The van der Waals surface area contributed by atoms with E-state index in [1.54, 1.807) is 0 Å². The van der Waals surface area contributed by atoms with Crippen molar-refractivity contribution < 1.29 is 14.3 Å². The fourth-order valence-electron chi connectivity index (χ4n) is 2.28. The second kappa shape index (κ2) is 6.91. The van der Waals surface area contributed by atoms with Crippen molar-refractivity contribution in [1.82, 2.24) is 15.0 Å². The van der Waals surface area contributed by atoms with Crippen LogP contribution < -0.4 is 4.74 Å². The van der Waals surface area contributed by atoms with E-state index in [1.165, 1.54) is 4.68 Å². The molecule has 0 unspecified atom stereocenters. The SMILES string of the molecule is CCOc1ccccc1COC(=O)Cn1nnc2ccccc21. The van der Waals surface area contributed by atoms with Gasteiger partial charge in [-0.25, -0.2) is 4.68 Å². The van der Waals surface area contributed by atoms with Crippen molar-refractivity contribution in [3.05, 3.63) is 54.1 Å². The van der Waals surface area contributed by atoms with Gasteiger partial charge in [0.05, 0.1) is 12.1 Å². The number of ether oxygens (including phenoxy) is 2. The zero-order valence-electron chi connectivity index (χ0n) is 12.8. The first-order valence-corrected chi connectivity index (χ1v) is 7.42. The average Bonchev–Trinajstić information content (AvgIpc) is 2.98. The molecule has 3 rings (SSSR count). The Hall–Kier alpha value is -2.89. The zero-order valence-corrected chi connectivity index (χ0v) is 12.8. The van der Waals surface area contributed by atoms with Crippen LogP contribution in [0.4, 0.5) is 0 Å². The van der Waals surface area contributed by atoms with Crippen molar-refractivity contribution in [3.8, 4) is 5.75 Å². The molecule has 6 nitrogen and oxygen atoms in total. The Morgan fingerprint density at radius 1 is 1.13 bits per heavy atom. The summed E-state index contributed by atoms with van der Waals surface area (Å²) < 4.78 is 12.4. The van der Waals surface area contributed by atoms with Gasteiger partial charge in [0, 0.05) is 5.56 Å². The highest BCUT2D eigenvalue weighted by molar-refractivity contribution is 5.77. The van der Waals surface area contributed by atoms with Gasteiger partial charge < -0.3 is 9.47 Å². The Morgan fingerprint density at radius 2 is 1.91 bits per heavy atom. The molecule has 0 bridgehead atoms. The lowest BCUT2D eigenvalue weighted by molar-refractivity contribution is -0.145. The summed E-state index contributed by atoms with van der Waals surface area (Å²) in [6.45, 7) is 2.67. The van der Waals surface area contributed by atoms with Crippen LogP contribution >= 0.6 is 0 Å². The first-order chi connectivity index (χ1) is 11.3. The maximum atomic E-state index is 12.0. The zero-order chi connectivity index (χ0) is 16.1. The Balaban J connectivity index is 1.64. The van der Waals surface area contributed by atoms with Crippen LogP contribution in [0.2, 0.25) is 0 Å². The molecule has 0 saturated heterocycles. The predicted octanol–water partition coefficient (Wildman–Crippen LogP) is 2.57. The van der Waals surface area contributed by atoms with Gasteiger partial charge in [0.15, 0.2) is 0 Å². The number of carbonyl (C=O) groups excluding carboxylic acids is 1. The molecule has 23 heavy (non-hydrogen) atoms. The first-order valence-electron chi connectivity index (χ1n) is 7.42. The lowest BCUT2D eigenvalue weighted by atomic mass is 10.2. The van der Waals surface area contributed by atoms with Gasteiger partial charge in [-0.15, -0.1) is 5.10 Å². The number of rotatable bonds is 6. The molecule has 3 aromatic rings. The molecular formula is C17H17N3O3. The molecule has 0 spiro atoms. The summed E-state index contributed by atoms with van der Waals surface area (Å²) in [6, 6.07) is 15.0. The van der Waals surface area contributed by atoms with E-state index in [0.29, 0.717) is 6.61 Å². The van der Waals surface area contributed by atoms with Crippen molar-refractivity contribution in [2.75, 3.05) is 6.61 Å². The van der Waals surface area contributed by atoms with E-state index < -0.39 is 0 Å². The Labute approximate surface area is 133 Å². The largest absolute Gasteiger partial charge is 0.493 e. The van der Waals surface area contributed by atoms with Gasteiger partial charge in [0.25, 0.3) is 0 Å². The van der Waals surface area contributed by atoms with Gasteiger partial charge in [-0.2, -0.15) is 0 Å². The second-order valence-electron chi connectivity index (χ2n) is 4.94. The molecule has 0 saturated carbocycles. The van der Waals surface area contributed by atoms with E-state index in [1.807, 2.05) is 55.5 Å². The lowest BCUT2D eigenvalue weighted by Crippen LogP contribution is -2.15. The van der Waals surface area contributed by atoms with Gasteiger partial charge in [-0.05, 0) is 25.1 Å². The molecule has 0 N–H and O–H groups in total. The summed E-state index contributed by atoms with van der Waals surface area (Å²) in [7, 11) is 0. The molecule has 0 radical (unpaired) electrons. The van der Waals surface area contributed by atoms with E-state index in [4.69, 9.17) is 9.47 Å². The van der Waals surface area contributed by atoms with E-state index in [0.717, 1.165) is 22.3 Å². The number of aromatic nitrogens is 3. The van der Waals surface area contributed by atoms with Crippen molar-refractivity contribution in [2.24, 2.45) is 0 Å². The number of hydrogen-bond donors (Lipinski definition) is 0. The normalized spacial score (nSPS) is 10.7. The smallest absolute Gasteiger partial charge is 0.328 e. The van der Waals surface area contributed by atoms with Crippen LogP contribution in [0.3, 0.4) is 0 Å². The van der Waals surface area contributed by atoms with Crippen molar-refractivity contribution in [3.63, 3.8) is 0 Å². The number of fused-ring (bicyclic) bond motifs is 1. The van der Waals surface area contributed by atoms with Crippen molar-refractivity contribution in [1.29, 1.82) is 0 Å². The highest BCUT2D eigenvalue weighted by Crippen LogP contribution is 2.19. The molecule has 0 amide bonds. The minimum absolute atomic E-state index is 0.0251. The van der Waals surface area contributed by atoms with Gasteiger partial charge >= 0.3 is 5.97 Å². The maximum absolute atomic E-state index is 12.0. The number of hydrogen-bond acceptors (Lipinski definition) is 5. The summed E-state index contributed by atoms with van der Waals surface area (Å²) in [4.78, 5) is 12.0. The van der Waals surface area contributed by atoms with Crippen LogP contribution in [-0.4, -0.2) is 27.6 Å². The molecular weight excluding hydrogens is 294 g/mol. The van der Waals surface area contributed by atoms with Gasteiger partial charge in [-0.3, -0.25) is 4.79 Å². The summed E-state index contributed by atoms with van der Waals surface area (Å²) in [5, 5.41) is 7.99. The first kappa shape index (κ1) is 15.0. The topological polar surface area (TPSA) is 66.2 Å². The van der Waals surface area contributed by atoms with Crippen molar-refractivity contribution >= 4 is 17.0 Å². The number of carbonyl (C=O) groups is 1. The van der Waals surface area contributed by atoms with Crippen LogP contribution in [0.15, 0.2) is 48.5 Å². The number of esters is 1. The Morgan fingerprint density at radius 3 is 2.78 bits per heavy atom. The minimum Gasteiger partial charge on any atom is -0.493 e. The van der Waals surface area contributed by atoms with Crippen LogP contribution in [0.25, 0.3) is 11.0 Å². The van der Waals surface area contributed by atoms with Gasteiger partial charge in [0.2, 0.25) is 0 Å². The van der Waals surface area contributed by atoms with Crippen LogP contribution in [-0.2, 0) is 22.7 Å². The highest BCUT2D eigenvalue weighted by atomic mass is 16.5. The molecule has 1 aromatic heterocycles. The predicted molar refractivity (Wildman–Crippen MR) is 84.9 cm³/mol. The monoisotopic (exact) mass is 311 g/mol. The fraction of sp³-hybridized carbons (Fsp3) is 0.235. The number of benzene rings is 2. The van der Waals surface area contributed by atoms with E-state index in [-0.39, 0.29) is 19.1 Å². The third-order valence-electron chi connectivity index (χ3n) is 3.36. The van der Waals surface area contributed by atoms with Crippen LogP contribution in [0, 0.1) is 0 Å². The number of para-hydroxylation sites is 2. The highest BCUT2D eigenvalue weighted by Gasteiger charge is 2.11. The molecule has 0 fully saturated rings. The molecule has 0 aliphatic heterocycles. The quantitative estimate of drug-likeness (QED) is 0.655. The van der Waals surface area contributed by atoms with E-state index in [9.17, 15) is 4.79 Å². The summed E-state index contributed by atoms with van der Waals surface area (Å²) in [5.74, 6) is 0.362. The Kier molecular flexibility index (Phi) is 4.52. The van der Waals surface area contributed by atoms with Gasteiger partial charge in [0.1, 0.15) is 24.4 Å². The molecule has 0 atom stereocenters. The van der Waals surface area contributed by atoms with E-state index in [2.05, 4.69) is 10.3 Å². The second-order valence-corrected chi connectivity index (χ2v) is 4.94. The third kappa shape index (κ3) is 3.48. The standard InChI is InChI=1S/C17H17N3O3/c1-2-22-16-10-6-3-7-13(16)12-23-17(21)11-20-15-9-5-4-8-14(15)18-19-20/h3-10H,2,11-12H2,1H3. The maximum Gasteiger partial charge on any atom is 0.328 e. The molecule has 6 heteroatoms. The third-order valence-corrected chi connectivity index (χ3v) is 3.36. The van der Waals surface area contributed by atoms with Crippen LogP contribution in [0.1, 0.15) is 12.5 Å². The molecule has 1 heterocycles. The molecule has 2 aromatic carbocycles. The summed E-state index contributed by atoms with van der Waals surface area (Å²) in [5.41, 5.74) is 2.40. The van der Waals surface area contributed by atoms with Gasteiger partial charge in [-0.1, -0.05) is 35.5 Å².